The fourth-order valence-corrected chi connectivity index (χ4v) is 3.88. The average Bonchev–Trinajstić information content (AvgIpc) is 3.13. The quantitative estimate of drug-likeness (QED) is 0.425. The SMILES string of the molecule is c1ccc(OCCC(Sc2ccccc2)n2nnc3ccccc32)cc1. The molecular formula is C21H19N3OS. The second-order valence-corrected chi connectivity index (χ2v) is 7.11. The summed E-state index contributed by atoms with van der Waals surface area (Å²) in [5, 5.41) is 8.82. The van der Waals surface area contributed by atoms with Crippen LogP contribution in [-0.4, -0.2) is 21.6 Å². The molecule has 1 heterocycles. The molecule has 0 aliphatic heterocycles. The number of hydrogen-bond donors (Lipinski definition) is 0. The van der Waals surface area contributed by atoms with Crippen LogP contribution in [0.15, 0.2) is 89.8 Å². The fraction of sp³-hybridized carbons (Fsp3) is 0.143. The number of rotatable bonds is 7. The maximum atomic E-state index is 5.91. The highest BCUT2D eigenvalue weighted by Gasteiger charge is 2.17. The normalized spacial score (nSPS) is 12.2. The van der Waals surface area contributed by atoms with E-state index in [0.29, 0.717) is 6.61 Å². The predicted molar refractivity (Wildman–Crippen MR) is 105 cm³/mol. The van der Waals surface area contributed by atoms with Gasteiger partial charge in [0.15, 0.2) is 0 Å². The maximum absolute atomic E-state index is 5.91. The van der Waals surface area contributed by atoms with Crippen LogP contribution in [0.4, 0.5) is 0 Å². The topological polar surface area (TPSA) is 39.9 Å². The molecule has 5 heteroatoms. The van der Waals surface area contributed by atoms with Crippen LogP contribution in [0.5, 0.6) is 5.75 Å². The molecule has 0 aliphatic carbocycles. The van der Waals surface area contributed by atoms with Crippen LogP contribution in [0.3, 0.4) is 0 Å². The number of benzene rings is 3. The lowest BCUT2D eigenvalue weighted by Gasteiger charge is -2.18. The van der Waals surface area contributed by atoms with Crippen molar-refractivity contribution in [2.45, 2.75) is 16.7 Å². The van der Waals surface area contributed by atoms with E-state index in [1.807, 2.05) is 59.3 Å². The average molecular weight is 361 g/mol. The van der Waals surface area contributed by atoms with Gasteiger partial charge in [0.05, 0.1) is 12.1 Å². The molecule has 0 radical (unpaired) electrons. The molecule has 0 N–H and O–H groups in total. The Labute approximate surface area is 156 Å². The largest absolute Gasteiger partial charge is 0.493 e. The molecule has 4 nitrogen and oxygen atoms in total. The number of nitrogens with zero attached hydrogens (tertiary/aromatic N) is 3. The van der Waals surface area contributed by atoms with E-state index < -0.39 is 0 Å². The van der Waals surface area contributed by atoms with Crippen molar-refractivity contribution in [1.82, 2.24) is 15.0 Å². The van der Waals surface area contributed by atoms with Gasteiger partial charge in [0.25, 0.3) is 0 Å². The molecule has 4 aromatic rings. The van der Waals surface area contributed by atoms with Crippen LogP contribution >= 0.6 is 11.8 Å². The number of fused-ring (bicyclic) bond motifs is 1. The highest BCUT2D eigenvalue weighted by Crippen LogP contribution is 2.34. The van der Waals surface area contributed by atoms with Crippen molar-refractivity contribution in [3.8, 4) is 5.75 Å². The van der Waals surface area contributed by atoms with Gasteiger partial charge >= 0.3 is 0 Å². The predicted octanol–water partition coefficient (Wildman–Crippen LogP) is 5.19. The molecule has 26 heavy (non-hydrogen) atoms. The molecule has 1 unspecified atom stereocenters. The van der Waals surface area contributed by atoms with E-state index in [1.54, 1.807) is 11.8 Å². The monoisotopic (exact) mass is 361 g/mol. The number of para-hydroxylation sites is 2. The zero-order chi connectivity index (χ0) is 17.6. The van der Waals surface area contributed by atoms with Crippen molar-refractivity contribution < 1.29 is 4.74 Å². The lowest BCUT2D eigenvalue weighted by molar-refractivity contribution is 0.297. The minimum atomic E-state index is 0.105. The number of hydrogen-bond acceptors (Lipinski definition) is 4. The van der Waals surface area contributed by atoms with Crippen LogP contribution in [0.2, 0.25) is 0 Å². The standard InChI is InChI=1S/C21H19N3OS/c1-3-9-17(10-4-1)25-16-15-21(26-18-11-5-2-6-12-18)24-20-14-8-7-13-19(20)22-23-24/h1-14,21H,15-16H2. The number of thioether (sulfide) groups is 1. The molecule has 1 aromatic heterocycles. The summed E-state index contributed by atoms with van der Waals surface area (Å²) >= 11 is 1.78. The Morgan fingerprint density at radius 2 is 1.54 bits per heavy atom. The molecule has 4 rings (SSSR count). The summed E-state index contributed by atoms with van der Waals surface area (Å²) in [5.74, 6) is 0.888. The van der Waals surface area contributed by atoms with Gasteiger partial charge in [0, 0.05) is 11.3 Å². The Bertz CT molecular complexity index is 957. The van der Waals surface area contributed by atoms with Gasteiger partial charge < -0.3 is 4.74 Å². The fourth-order valence-electron chi connectivity index (χ4n) is 2.78. The van der Waals surface area contributed by atoms with Crippen molar-refractivity contribution >= 4 is 22.8 Å². The molecule has 0 aliphatic rings. The van der Waals surface area contributed by atoms with Crippen molar-refractivity contribution in [3.63, 3.8) is 0 Å². The van der Waals surface area contributed by atoms with Crippen molar-refractivity contribution in [2.75, 3.05) is 6.61 Å². The Hall–Kier alpha value is -2.79. The Morgan fingerprint density at radius 1 is 0.846 bits per heavy atom. The van der Waals surface area contributed by atoms with Gasteiger partial charge in [-0.15, -0.1) is 5.10 Å². The highest BCUT2D eigenvalue weighted by atomic mass is 32.2. The molecule has 0 saturated carbocycles. The first kappa shape index (κ1) is 16.7. The van der Waals surface area contributed by atoms with Gasteiger partial charge in [-0.05, 0) is 36.4 Å². The molecule has 3 aromatic carbocycles. The second-order valence-electron chi connectivity index (χ2n) is 5.86. The summed E-state index contributed by atoms with van der Waals surface area (Å²) in [7, 11) is 0. The van der Waals surface area contributed by atoms with Gasteiger partial charge in [-0.2, -0.15) is 0 Å². The van der Waals surface area contributed by atoms with E-state index in [9.17, 15) is 0 Å². The van der Waals surface area contributed by atoms with Gasteiger partial charge in [-0.1, -0.05) is 65.5 Å². The van der Waals surface area contributed by atoms with Gasteiger partial charge in [0.2, 0.25) is 0 Å². The van der Waals surface area contributed by atoms with E-state index in [2.05, 4.69) is 40.6 Å². The van der Waals surface area contributed by atoms with Gasteiger partial charge in [0.1, 0.15) is 16.6 Å². The van der Waals surface area contributed by atoms with E-state index >= 15 is 0 Å². The summed E-state index contributed by atoms with van der Waals surface area (Å²) in [6, 6.07) is 28.3. The Balaban J connectivity index is 1.55. The summed E-state index contributed by atoms with van der Waals surface area (Å²) < 4.78 is 7.91. The maximum Gasteiger partial charge on any atom is 0.119 e. The molecule has 130 valence electrons. The van der Waals surface area contributed by atoms with Crippen LogP contribution in [0.1, 0.15) is 11.8 Å². The molecular weight excluding hydrogens is 342 g/mol. The summed E-state index contributed by atoms with van der Waals surface area (Å²) in [6.45, 7) is 0.614. The summed E-state index contributed by atoms with van der Waals surface area (Å²) in [6.07, 6.45) is 0.821. The summed E-state index contributed by atoms with van der Waals surface area (Å²) in [4.78, 5) is 1.21. The lowest BCUT2D eigenvalue weighted by Crippen LogP contribution is -2.11. The Morgan fingerprint density at radius 3 is 2.35 bits per heavy atom. The second kappa shape index (κ2) is 8.06. The van der Waals surface area contributed by atoms with Crippen LogP contribution in [0, 0.1) is 0 Å². The van der Waals surface area contributed by atoms with E-state index in [4.69, 9.17) is 4.74 Å². The molecule has 0 fully saturated rings. The third-order valence-corrected chi connectivity index (χ3v) is 5.29. The first-order chi connectivity index (χ1) is 12.9. The van der Waals surface area contributed by atoms with E-state index in [-0.39, 0.29) is 5.37 Å². The van der Waals surface area contributed by atoms with E-state index in [0.717, 1.165) is 23.2 Å². The number of aromatic nitrogens is 3. The minimum absolute atomic E-state index is 0.105. The van der Waals surface area contributed by atoms with Crippen molar-refractivity contribution in [1.29, 1.82) is 0 Å². The van der Waals surface area contributed by atoms with Gasteiger partial charge in [-0.3, -0.25) is 0 Å². The van der Waals surface area contributed by atoms with Crippen molar-refractivity contribution in [2.24, 2.45) is 0 Å². The third kappa shape index (κ3) is 3.89. The minimum Gasteiger partial charge on any atom is -0.493 e. The molecule has 0 bridgehead atoms. The van der Waals surface area contributed by atoms with Crippen LogP contribution < -0.4 is 4.74 Å². The number of ether oxygens (including phenoxy) is 1. The first-order valence-electron chi connectivity index (χ1n) is 8.60. The Kier molecular flexibility index (Phi) is 5.17. The summed E-state index contributed by atoms with van der Waals surface area (Å²) in [5.41, 5.74) is 1.95. The zero-order valence-corrected chi connectivity index (χ0v) is 15.0. The van der Waals surface area contributed by atoms with Crippen molar-refractivity contribution in [3.05, 3.63) is 84.9 Å². The third-order valence-electron chi connectivity index (χ3n) is 4.04. The zero-order valence-electron chi connectivity index (χ0n) is 14.2. The first-order valence-corrected chi connectivity index (χ1v) is 9.47. The van der Waals surface area contributed by atoms with Crippen LogP contribution in [-0.2, 0) is 0 Å². The molecule has 1 atom stereocenters. The molecule has 0 amide bonds. The molecule has 0 spiro atoms. The van der Waals surface area contributed by atoms with E-state index in [1.165, 1.54) is 4.90 Å². The smallest absolute Gasteiger partial charge is 0.119 e. The van der Waals surface area contributed by atoms with Gasteiger partial charge in [-0.25, -0.2) is 4.68 Å². The van der Waals surface area contributed by atoms with Crippen LogP contribution in [0.25, 0.3) is 11.0 Å². The molecule has 0 saturated heterocycles. The highest BCUT2D eigenvalue weighted by molar-refractivity contribution is 7.99. The lowest BCUT2D eigenvalue weighted by atomic mass is 10.3.